The van der Waals surface area contributed by atoms with Crippen LogP contribution in [0.1, 0.15) is 33.1 Å². The third-order valence-corrected chi connectivity index (χ3v) is 4.13. The van der Waals surface area contributed by atoms with E-state index in [4.69, 9.17) is 0 Å². The number of aromatic nitrogens is 2. The lowest BCUT2D eigenvalue weighted by atomic mass is 9.80. The summed E-state index contributed by atoms with van der Waals surface area (Å²) in [7, 11) is 0. The van der Waals surface area contributed by atoms with Crippen molar-refractivity contribution in [1.29, 1.82) is 0 Å². The minimum absolute atomic E-state index is 0.0813. The molecule has 3 rings (SSSR count). The molecule has 21 heavy (non-hydrogen) atoms. The Morgan fingerprint density at radius 3 is 2.52 bits per heavy atom. The Labute approximate surface area is 121 Å². The molecule has 0 radical (unpaired) electrons. The van der Waals surface area contributed by atoms with Crippen LogP contribution in [-0.2, 0) is 0 Å². The Kier molecular flexibility index (Phi) is 3.48. The van der Waals surface area contributed by atoms with E-state index >= 15 is 0 Å². The van der Waals surface area contributed by atoms with Crippen LogP contribution in [0, 0.1) is 22.0 Å². The zero-order chi connectivity index (χ0) is 15.0. The van der Waals surface area contributed by atoms with Gasteiger partial charge in [0.25, 0.3) is 0 Å². The maximum atomic E-state index is 11.0. The molecular weight excluding hydrogens is 272 g/mol. The number of nitro benzene ring substituents is 1. The lowest BCUT2D eigenvalue weighted by Gasteiger charge is -2.32. The van der Waals surface area contributed by atoms with Crippen molar-refractivity contribution in [2.75, 3.05) is 5.32 Å². The van der Waals surface area contributed by atoms with Crippen molar-refractivity contribution >= 4 is 22.4 Å². The first-order valence-electron chi connectivity index (χ1n) is 7.20. The standard InChI is InChI=1S/C14H18N4O3/c1-8-5-9(2)7-10(6-8)15-11-3-4-12(18(19)20)14-13(11)16-21-17-14/h3-4,8-10,15H,5-7H2,1-2H3. The molecule has 1 aromatic carbocycles. The van der Waals surface area contributed by atoms with Gasteiger partial charge < -0.3 is 5.32 Å². The molecule has 0 spiro atoms. The second kappa shape index (κ2) is 5.31. The van der Waals surface area contributed by atoms with Gasteiger partial charge in [-0.05, 0) is 47.5 Å². The Morgan fingerprint density at radius 2 is 1.86 bits per heavy atom. The van der Waals surface area contributed by atoms with E-state index in [1.807, 2.05) is 0 Å². The van der Waals surface area contributed by atoms with Crippen molar-refractivity contribution in [2.24, 2.45) is 11.8 Å². The van der Waals surface area contributed by atoms with Crippen LogP contribution >= 0.6 is 0 Å². The van der Waals surface area contributed by atoms with Crippen molar-refractivity contribution in [3.63, 3.8) is 0 Å². The zero-order valence-corrected chi connectivity index (χ0v) is 12.1. The van der Waals surface area contributed by atoms with Gasteiger partial charge in [-0.2, -0.15) is 0 Å². The minimum atomic E-state index is -0.471. The number of rotatable bonds is 3. The zero-order valence-electron chi connectivity index (χ0n) is 12.1. The molecule has 0 saturated heterocycles. The fourth-order valence-electron chi connectivity index (χ4n) is 3.40. The number of non-ortho nitro benzene ring substituents is 1. The molecule has 1 saturated carbocycles. The molecule has 1 fully saturated rings. The number of fused-ring (bicyclic) bond motifs is 1. The highest BCUT2D eigenvalue weighted by Crippen LogP contribution is 2.33. The van der Waals surface area contributed by atoms with Crippen molar-refractivity contribution in [2.45, 2.75) is 39.2 Å². The van der Waals surface area contributed by atoms with Gasteiger partial charge in [-0.1, -0.05) is 13.8 Å². The molecule has 0 amide bonds. The number of nitrogens with one attached hydrogen (secondary N) is 1. The molecule has 1 N–H and O–H groups in total. The third kappa shape index (κ3) is 2.68. The van der Waals surface area contributed by atoms with Crippen LogP contribution in [0.4, 0.5) is 11.4 Å². The number of benzene rings is 1. The summed E-state index contributed by atoms with van der Waals surface area (Å²) in [5.74, 6) is 1.35. The second-order valence-corrected chi connectivity index (χ2v) is 6.11. The smallest absolute Gasteiger partial charge is 0.300 e. The summed E-state index contributed by atoms with van der Waals surface area (Å²) >= 11 is 0. The first kappa shape index (κ1) is 13.8. The van der Waals surface area contributed by atoms with Gasteiger partial charge in [0.1, 0.15) is 0 Å². The Morgan fingerprint density at radius 1 is 1.19 bits per heavy atom. The molecule has 0 aliphatic heterocycles. The maximum Gasteiger partial charge on any atom is 0.300 e. The molecular formula is C14H18N4O3. The van der Waals surface area contributed by atoms with Crippen LogP contribution in [-0.4, -0.2) is 21.3 Å². The van der Waals surface area contributed by atoms with Crippen molar-refractivity contribution in [3.8, 4) is 0 Å². The summed E-state index contributed by atoms with van der Waals surface area (Å²) in [6.45, 7) is 4.51. The number of nitro groups is 1. The summed E-state index contributed by atoms with van der Waals surface area (Å²) in [6, 6.07) is 3.49. The van der Waals surface area contributed by atoms with Crippen molar-refractivity contribution < 1.29 is 9.55 Å². The number of anilines is 1. The average molecular weight is 290 g/mol. The second-order valence-electron chi connectivity index (χ2n) is 6.11. The molecule has 7 nitrogen and oxygen atoms in total. The largest absolute Gasteiger partial charge is 0.380 e. The molecule has 1 aromatic heterocycles. The third-order valence-electron chi connectivity index (χ3n) is 4.13. The molecule has 7 heteroatoms. The van der Waals surface area contributed by atoms with Gasteiger partial charge in [0, 0.05) is 12.1 Å². The van der Waals surface area contributed by atoms with Gasteiger partial charge in [-0.3, -0.25) is 10.1 Å². The van der Waals surface area contributed by atoms with Crippen LogP contribution in [0.15, 0.2) is 16.8 Å². The topological polar surface area (TPSA) is 94.1 Å². The van der Waals surface area contributed by atoms with Gasteiger partial charge in [0.05, 0.1) is 10.6 Å². The number of nitrogens with zero attached hydrogens (tertiary/aromatic N) is 3. The van der Waals surface area contributed by atoms with E-state index in [1.54, 1.807) is 6.07 Å². The molecule has 1 aliphatic rings. The maximum absolute atomic E-state index is 11.0. The van der Waals surface area contributed by atoms with Gasteiger partial charge in [-0.25, -0.2) is 4.63 Å². The summed E-state index contributed by atoms with van der Waals surface area (Å²) < 4.78 is 4.68. The first-order chi connectivity index (χ1) is 10.0. The quantitative estimate of drug-likeness (QED) is 0.688. The van der Waals surface area contributed by atoms with Crippen LogP contribution in [0.25, 0.3) is 11.0 Å². The van der Waals surface area contributed by atoms with Crippen LogP contribution in [0.2, 0.25) is 0 Å². The van der Waals surface area contributed by atoms with E-state index in [2.05, 4.69) is 34.1 Å². The van der Waals surface area contributed by atoms with Gasteiger partial charge in [0.2, 0.25) is 5.52 Å². The fraction of sp³-hybridized carbons (Fsp3) is 0.571. The van der Waals surface area contributed by atoms with Gasteiger partial charge in [0.15, 0.2) is 5.52 Å². The Hall–Kier alpha value is -2.18. The molecule has 2 unspecified atom stereocenters. The molecule has 1 heterocycles. The predicted molar refractivity (Wildman–Crippen MR) is 78.0 cm³/mol. The highest BCUT2D eigenvalue weighted by atomic mass is 16.6. The van der Waals surface area contributed by atoms with Crippen molar-refractivity contribution in [3.05, 3.63) is 22.2 Å². The normalized spacial score (nSPS) is 25.9. The summed E-state index contributed by atoms with van der Waals surface area (Å²) in [4.78, 5) is 10.5. The van der Waals surface area contributed by atoms with E-state index in [9.17, 15) is 10.1 Å². The molecule has 2 aromatic rings. The van der Waals surface area contributed by atoms with E-state index in [0.29, 0.717) is 23.4 Å². The lowest BCUT2D eigenvalue weighted by molar-refractivity contribution is -0.383. The molecule has 1 aliphatic carbocycles. The van der Waals surface area contributed by atoms with E-state index < -0.39 is 4.92 Å². The van der Waals surface area contributed by atoms with E-state index in [0.717, 1.165) is 18.5 Å². The molecule has 0 bridgehead atoms. The number of hydrogen-bond donors (Lipinski definition) is 1. The SMILES string of the molecule is CC1CC(C)CC(Nc2ccc([N+](=O)[O-])c3nonc23)C1. The predicted octanol–water partition coefficient (Wildman–Crippen LogP) is 3.37. The van der Waals surface area contributed by atoms with Crippen LogP contribution in [0.3, 0.4) is 0 Å². The highest BCUT2D eigenvalue weighted by Gasteiger charge is 2.26. The minimum Gasteiger partial charge on any atom is -0.380 e. The summed E-state index contributed by atoms with van der Waals surface area (Å²) in [6.07, 6.45) is 3.43. The lowest BCUT2D eigenvalue weighted by Crippen LogP contribution is -2.30. The van der Waals surface area contributed by atoms with E-state index in [-0.39, 0.29) is 11.2 Å². The van der Waals surface area contributed by atoms with Crippen molar-refractivity contribution in [1.82, 2.24) is 10.3 Å². The fourth-order valence-corrected chi connectivity index (χ4v) is 3.40. The Bertz CT molecular complexity index is 659. The van der Waals surface area contributed by atoms with Crippen LogP contribution in [0.5, 0.6) is 0 Å². The molecule has 112 valence electrons. The highest BCUT2D eigenvalue weighted by molar-refractivity contribution is 5.93. The van der Waals surface area contributed by atoms with Gasteiger partial charge in [-0.15, -0.1) is 0 Å². The summed E-state index contributed by atoms with van der Waals surface area (Å²) in [5, 5.41) is 21.9. The van der Waals surface area contributed by atoms with Crippen LogP contribution < -0.4 is 5.32 Å². The van der Waals surface area contributed by atoms with E-state index in [1.165, 1.54) is 12.5 Å². The Balaban J connectivity index is 1.89. The monoisotopic (exact) mass is 290 g/mol. The molecule has 2 atom stereocenters. The first-order valence-corrected chi connectivity index (χ1v) is 7.20. The summed E-state index contributed by atoms with van der Waals surface area (Å²) in [5.41, 5.74) is 1.29. The van der Waals surface area contributed by atoms with Gasteiger partial charge >= 0.3 is 5.69 Å². The average Bonchev–Trinajstić information content (AvgIpc) is 2.86. The number of hydrogen-bond acceptors (Lipinski definition) is 6.